The zero-order chi connectivity index (χ0) is 12.4. The molecular formula is C12H9FN2O2. The molecule has 1 heterocycles. The van der Waals surface area contributed by atoms with E-state index in [1.165, 1.54) is 18.3 Å². The number of H-pyrrole nitrogens is 1. The summed E-state index contributed by atoms with van der Waals surface area (Å²) in [7, 11) is 0. The van der Waals surface area contributed by atoms with Gasteiger partial charge in [-0.15, -0.1) is 0 Å². The standard InChI is InChI=1S/C12H9FN2O2/c1-7(12(16)17)10-6-14-15-11(10)8-2-4-9(13)5-3-8/h2-6H,1H2,(H,14,15)(H,16,17). The average Bonchev–Trinajstić information content (AvgIpc) is 2.77. The van der Waals surface area contributed by atoms with Crippen LogP contribution >= 0.6 is 0 Å². The molecule has 0 aliphatic carbocycles. The lowest BCUT2D eigenvalue weighted by Crippen LogP contribution is -1.98. The molecule has 0 atom stereocenters. The SMILES string of the molecule is C=C(C(=O)O)c1cn[nH]c1-c1ccc(F)cc1. The van der Waals surface area contributed by atoms with E-state index in [1.54, 1.807) is 12.1 Å². The Labute approximate surface area is 96.4 Å². The van der Waals surface area contributed by atoms with Crippen LogP contribution in [0.25, 0.3) is 16.8 Å². The van der Waals surface area contributed by atoms with Gasteiger partial charge in [-0.3, -0.25) is 5.10 Å². The summed E-state index contributed by atoms with van der Waals surface area (Å²) in [4.78, 5) is 10.8. The van der Waals surface area contributed by atoms with Gasteiger partial charge in [0.05, 0.1) is 17.5 Å². The third kappa shape index (κ3) is 2.08. The van der Waals surface area contributed by atoms with E-state index >= 15 is 0 Å². The number of hydrogen-bond acceptors (Lipinski definition) is 2. The number of halogens is 1. The van der Waals surface area contributed by atoms with Crippen LogP contribution in [0.4, 0.5) is 4.39 Å². The highest BCUT2D eigenvalue weighted by atomic mass is 19.1. The molecule has 17 heavy (non-hydrogen) atoms. The van der Waals surface area contributed by atoms with Crippen molar-refractivity contribution in [1.82, 2.24) is 10.2 Å². The van der Waals surface area contributed by atoms with Gasteiger partial charge in [0, 0.05) is 11.1 Å². The molecule has 0 unspecified atom stereocenters. The predicted octanol–water partition coefficient (Wildman–Crippen LogP) is 2.31. The lowest BCUT2D eigenvalue weighted by atomic mass is 10.0. The van der Waals surface area contributed by atoms with Gasteiger partial charge in [0.1, 0.15) is 5.82 Å². The maximum Gasteiger partial charge on any atom is 0.335 e. The molecule has 0 amide bonds. The summed E-state index contributed by atoms with van der Waals surface area (Å²) in [5.41, 5.74) is 1.50. The molecule has 86 valence electrons. The highest BCUT2D eigenvalue weighted by Crippen LogP contribution is 2.26. The maximum absolute atomic E-state index is 12.8. The summed E-state index contributed by atoms with van der Waals surface area (Å²) < 4.78 is 12.8. The zero-order valence-corrected chi connectivity index (χ0v) is 8.77. The first kappa shape index (κ1) is 11.1. The largest absolute Gasteiger partial charge is 0.478 e. The van der Waals surface area contributed by atoms with Gasteiger partial charge in [-0.25, -0.2) is 9.18 Å². The molecule has 2 rings (SSSR count). The van der Waals surface area contributed by atoms with Gasteiger partial charge in [0.2, 0.25) is 0 Å². The van der Waals surface area contributed by atoms with Crippen molar-refractivity contribution in [1.29, 1.82) is 0 Å². The highest BCUT2D eigenvalue weighted by molar-refractivity contribution is 6.16. The zero-order valence-electron chi connectivity index (χ0n) is 8.77. The fourth-order valence-electron chi connectivity index (χ4n) is 1.47. The smallest absolute Gasteiger partial charge is 0.335 e. The molecule has 4 nitrogen and oxygen atoms in total. The van der Waals surface area contributed by atoms with Crippen molar-refractivity contribution in [3.05, 3.63) is 48.4 Å². The summed E-state index contributed by atoms with van der Waals surface area (Å²) >= 11 is 0. The van der Waals surface area contributed by atoms with E-state index in [0.717, 1.165) is 0 Å². The molecule has 0 bridgehead atoms. The molecule has 5 heteroatoms. The molecule has 0 aliphatic heterocycles. The fraction of sp³-hybridized carbons (Fsp3) is 0. The highest BCUT2D eigenvalue weighted by Gasteiger charge is 2.15. The van der Waals surface area contributed by atoms with Crippen molar-refractivity contribution >= 4 is 11.5 Å². The number of carboxylic acids is 1. The Morgan fingerprint density at radius 1 is 1.35 bits per heavy atom. The van der Waals surface area contributed by atoms with Gasteiger partial charge in [0.25, 0.3) is 0 Å². The first-order valence-electron chi connectivity index (χ1n) is 4.81. The maximum atomic E-state index is 12.8. The van der Waals surface area contributed by atoms with Gasteiger partial charge in [-0.1, -0.05) is 6.58 Å². The van der Waals surface area contributed by atoms with Crippen molar-refractivity contribution in [3.8, 4) is 11.3 Å². The number of aromatic nitrogens is 2. The van der Waals surface area contributed by atoms with Crippen molar-refractivity contribution in [3.63, 3.8) is 0 Å². The summed E-state index contributed by atoms with van der Waals surface area (Å²) in [6.07, 6.45) is 1.38. The molecule has 0 radical (unpaired) electrons. The minimum absolute atomic E-state index is 0.0573. The monoisotopic (exact) mass is 232 g/mol. The second kappa shape index (κ2) is 4.21. The van der Waals surface area contributed by atoms with Crippen LogP contribution in [0.1, 0.15) is 5.56 Å². The Morgan fingerprint density at radius 2 is 2.00 bits per heavy atom. The number of aromatic amines is 1. The quantitative estimate of drug-likeness (QED) is 0.798. The summed E-state index contributed by atoms with van der Waals surface area (Å²) in [6.45, 7) is 3.47. The number of benzene rings is 1. The third-order valence-electron chi connectivity index (χ3n) is 2.36. The van der Waals surface area contributed by atoms with Crippen LogP contribution in [0, 0.1) is 5.82 Å². The first-order valence-corrected chi connectivity index (χ1v) is 4.81. The predicted molar refractivity (Wildman–Crippen MR) is 60.7 cm³/mol. The Morgan fingerprint density at radius 3 is 2.59 bits per heavy atom. The number of hydrogen-bond donors (Lipinski definition) is 2. The molecular weight excluding hydrogens is 223 g/mol. The van der Waals surface area contributed by atoms with E-state index in [4.69, 9.17) is 5.11 Å². The number of nitrogens with one attached hydrogen (secondary N) is 1. The third-order valence-corrected chi connectivity index (χ3v) is 2.36. The van der Waals surface area contributed by atoms with E-state index in [9.17, 15) is 9.18 Å². The second-order valence-electron chi connectivity index (χ2n) is 3.45. The fourth-order valence-corrected chi connectivity index (χ4v) is 1.47. The Balaban J connectivity index is 2.47. The number of nitrogens with zero attached hydrogens (tertiary/aromatic N) is 1. The summed E-state index contributed by atoms with van der Waals surface area (Å²) in [5.74, 6) is -1.47. The molecule has 0 spiro atoms. The van der Waals surface area contributed by atoms with Crippen LogP contribution in [0.5, 0.6) is 0 Å². The van der Waals surface area contributed by atoms with E-state index in [0.29, 0.717) is 16.8 Å². The van der Waals surface area contributed by atoms with Gasteiger partial charge < -0.3 is 5.11 Å². The molecule has 0 aliphatic rings. The van der Waals surface area contributed by atoms with Crippen molar-refractivity contribution in [2.75, 3.05) is 0 Å². The molecule has 1 aromatic heterocycles. The topological polar surface area (TPSA) is 66.0 Å². The molecule has 0 saturated heterocycles. The molecule has 1 aromatic carbocycles. The van der Waals surface area contributed by atoms with Gasteiger partial charge >= 0.3 is 5.97 Å². The van der Waals surface area contributed by atoms with E-state index in [2.05, 4.69) is 16.8 Å². The average molecular weight is 232 g/mol. The van der Waals surface area contributed by atoms with E-state index < -0.39 is 5.97 Å². The van der Waals surface area contributed by atoms with Crippen LogP contribution in [-0.4, -0.2) is 21.3 Å². The van der Waals surface area contributed by atoms with Crippen LogP contribution in [-0.2, 0) is 4.79 Å². The van der Waals surface area contributed by atoms with Crippen LogP contribution < -0.4 is 0 Å². The van der Waals surface area contributed by atoms with Gasteiger partial charge in [-0.2, -0.15) is 5.10 Å². The van der Waals surface area contributed by atoms with Crippen LogP contribution in [0.3, 0.4) is 0 Å². The van der Waals surface area contributed by atoms with Gasteiger partial charge in [0.15, 0.2) is 0 Å². The molecule has 0 fully saturated rings. The molecule has 0 saturated carbocycles. The van der Waals surface area contributed by atoms with Crippen molar-refractivity contribution in [2.45, 2.75) is 0 Å². The van der Waals surface area contributed by atoms with Crippen molar-refractivity contribution in [2.24, 2.45) is 0 Å². The lowest BCUT2D eigenvalue weighted by Gasteiger charge is -2.02. The number of carboxylic acid groups (broad SMARTS) is 1. The van der Waals surface area contributed by atoms with Crippen molar-refractivity contribution < 1.29 is 14.3 Å². The molecule has 2 aromatic rings. The van der Waals surface area contributed by atoms with E-state index in [1.807, 2.05) is 0 Å². The first-order chi connectivity index (χ1) is 8.09. The minimum Gasteiger partial charge on any atom is -0.478 e. The Kier molecular flexibility index (Phi) is 2.74. The summed E-state index contributed by atoms with van der Waals surface area (Å²) in [5, 5.41) is 15.3. The van der Waals surface area contributed by atoms with Gasteiger partial charge in [-0.05, 0) is 24.3 Å². The minimum atomic E-state index is -1.12. The molecule has 2 N–H and O–H groups in total. The summed E-state index contributed by atoms with van der Waals surface area (Å²) in [6, 6.07) is 5.68. The van der Waals surface area contributed by atoms with E-state index in [-0.39, 0.29) is 11.4 Å². The number of rotatable bonds is 3. The lowest BCUT2D eigenvalue weighted by molar-refractivity contribution is -0.130. The number of aliphatic carboxylic acids is 1. The Hall–Kier alpha value is -2.43. The van der Waals surface area contributed by atoms with Crippen LogP contribution in [0.2, 0.25) is 0 Å². The normalized spacial score (nSPS) is 10.2. The van der Waals surface area contributed by atoms with Crippen LogP contribution in [0.15, 0.2) is 37.0 Å². The number of carbonyl (C=O) groups is 1. The second-order valence-corrected chi connectivity index (χ2v) is 3.45. The Bertz CT molecular complexity index is 572.